The summed E-state index contributed by atoms with van der Waals surface area (Å²) in [6, 6.07) is 0. The summed E-state index contributed by atoms with van der Waals surface area (Å²) in [5.74, 6) is -0.327. The predicted octanol–water partition coefficient (Wildman–Crippen LogP) is 2.06. The van der Waals surface area contributed by atoms with E-state index in [0.717, 1.165) is 32.3 Å². The van der Waals surface area contributed by atoms with Crippen LogP contribution >= 0.6 is 0 Å². The number of esters is 1. The topological polar surface area (TPSA) is 38.8 Å². The van der Waals surface area contributed by atoms with Crippen molar-refractivity contribution in [2.24, 2.45) is 0 Å². The van der Waals surface area contributed by atoms with Crippen LogP contribution in [0.15, 0.2) is 12.7 Å². The molecule has 14 heavy (non-hydrogen) atoms. The molecule has 1 saturated heterocycles. The summed E-state index contributed by atoms with van der Waals surface area (Å²) in [5, 5.41) is 0. The van der Waals surface area contributed by atoms with Crippen molar-refractivity contribution in [3.63, 3.8) is 0 Å². The van der Waals surface area contributed by atoms with Gasteiger partial charge in [0, 0.05) is 12.5 Å². The highest BCUT2D eigenvalue weighted by molar-refractivity contribution is 5.81. The summed E-state index contributed by atoms with van der Waals surface area (Å²) >= 11 is 0. The molecule has 0 spiro atoms. The van der Waals surface area contributed by atoms with Crippen molar-refractivity contribution in [2.45, 2.75) is 44.8 Å². The van der Waals surface area contributed by atoms with Crippen LogP contribution in [-0.4, -0.2) is 24.8 Å². The zero-order valence-corrected chi connectivity index (χ0v) is 8.70. The third-order valence-electron chi connectivity index (χ3n) is 2.26. The molecule has 2 unspecified atom stereocenters. The van der Waals surface area contributed by atoms with E-state index in [1.807, 2.05) is 0 Å². The van der Waals surface area contributed by atoms with Crippen molar-refractivity contribution >= 4 is 5.97 Å². The maximum Gasteiger partial charge on any atom is 0.330 e. The lowest BCUT2D eigenvalue weighted by Crippen LogP contribution is -2.18. The molecule has 0 aromatic carbocycles. The first kappa shape index (κ1) is 11.2. The Kier molecular flexibility index (Phi) is 4.66. The molecule has 1 aliphatic heterocycles. The molecule has 0 bridgehead atoms. The van der Waals surface area contributed by atoms with Crippen LogP contribution in [0.1, 0.15) is 32.6 Å². The van der Waals surface area contributed by atoms with E-state index in [4.69, 9.17) is 9.47 Å². The van der Waals surface area contributed by atoms with Gasteiger partial charge in [-0.05, 0) is 6.42 Å². The van der Waals surface area contributed by atoms with E-state index in [-0.39, 0.29) is 12.1 Å². The van der Waals surface area contributed by atoms with E-state index >= 15 is 0 Å². The van der Waals surface area contributed by atoms with E-state index in [9.17, 15) is 4.79 Å². The van der Waals surface area contributed by atoms with Gasteiger partial charge in [-0.2, -0.15) is 0 Å². The molecule has 0 amide bonds. The molecule has 0 radical (unpaired) electrons. The fraction of sp³-hybridized carbons (Fsp3) is 0.727. The highest BCUT2D eigenvalue weighted by Gasteiger charge is 2.27. The Hall–Kier alpha value is -0.830. The number of epoxide rings is 1. The lowest BCUT2D eigenvalue weighted by Gasteiger charge is -2.15. The average Bonchev–Trinajstić information content (AvgIpc) is 2.97. The summed E-state index contributed by atoms with van der Waals surface area (Å²) in [7, 11) is 0. The summed E-state index contributed by atoms with van der Waals surface area (Å²) in [4.78, 5) is 11.0. The number of ether oxygens (including phenoxy) is 2. The third kappa shape index (κ3) is 4.42. The summed E-state index contributed by atoms with van der Waals surface area (Å²) in [5.41, 5.74) is 0. The first-order chi connectivity index (χ1) is 6.76. The van der Waals surface area contributed by atoms with Crippen LogP contribution < -0.4 is 0 Å². The Morgan fingerprint density at radius 2 is 2.50 bits per heavy atom. The van der Waals surface area contributed by atoms with E-state index in [2.05, 4.69) is 13.5 Å². The maximum atomic E-state index is 11.0. The fourth-order valence-electron chi connectivity index (χ4n) is 1.37. The normalized spacial score (nSPS) is 21.4. The van der Waals surface area contributed by atoms with Gasteiger partial charge in [-0.15, -0.1) is 0 Å². The molecule has 80 valence electrons. The molecule has 1 heterocycles. The second-order valence-corrected chi connectivity index (χ2v) is 3.60. The molecule has 2 atom stereocenters. The summed E-state index contributed by atoms with van der Waals surface area (Å²) in [6.45, 7) is 6.32. The van der Waals surface area contributed by atoms with Crippen LogP contribution in [0.25, 0.3) is 0 Å². The summed E-state index contributed by atoms with van der Waals surface area (Å²) < 4.78 is 10.3. The molecule has 0 saturated carbocycles. The minimum Gasteiger partial charge on any atom is -0.459 e. The maximum absolute atomic E-state index is 11.0. The molecule has 0 aromatic rings. The second kappa shape index (κ2) is 5.81. The van der Waals surface area contributed by atoms with Crippen molar-refractivity contribution in [2.75, 3.05) is 6.61 Å². The van der Waals surface area contributed by atoms with Crippen molar-refractivity contribution in [1.82, 2.24) is 0 Å². The van der Waals surface area contributed by atoms with Crippen LogP contribution in [0.2, 0.25) is 0 Å². The van der Waals surface area contributed by atoms with Crippen LogP contribution in [0.4, 0.5) is 0 Å². The molecular formula is C11H18O3. The van der Waals surface area contributed by atoms with Gasteiger partial charge in [-0.1, -0.05) is 26.3 Å². The lowest BCUT2D eigenvalue weighted by atomic mass is 10.1. The van der Waals surface area contributed by atoms with Gasteiger partial charge in [-0.3, -0.25) is 0 Å². The van der Waals surface area contributed by atoms with Crippen LogP contribution in [0.3, 0.4) is 0 Å². The van der Waals surface area contributed by atoms with Gasteiger partial charge in [0.05, 0.1) is 12.7 Å². The lowest BCUT2D eigenvalue weighted by molar-refractivity contribution is -0.143. The Bertz CT molecular complexity index is 197. The smallest absolute Gasteiger partial charge is 0.330 e. The number of unbranched alkanes of at least 4 members (excludes halogenated alkanes) is 1. The molecule has 1 rings (SSSR count). The number of carbonyl (C=O) groups is 1. The van der Waals surface area contributed by atoms with Crippen molar-refractivity contribution in [1.29, 1.82) is 0 Å². The van der Waals surface area contributed by atoms with Crippen LogP contribution in [0.5, 0.6) is 0 Å². The Balaban J connectivity index is 2.26. The number of hydrogen-bond acceptors (Lipinski definition) is 3. The molecule has 0 aliphatic carbocycles. The van der Waals surface area contributed by atoms with Gasteiger partial charge < -0.3 is 9.47 Å². The first-order valence-electron chi connectivity index (χ1n) is 5.21. The second-order valence-electron chi connectivity index (χ2n) is 3.60. The van der Waals surface area contributed by atoms with Gasteiger partial charge in [0.15, 0.2) is 0 Å². The minimum atomic E-state index is -0.327. The van der Waals surface area contributed by atoms with Crippen molar-refractivity contribution in [3.8, 4) is 0 Å². The van der Waals surface area contributed by atoms with Crippen molar-refractivity contribution < 1.29 is 14.3 Å². The van der Waals surface area contributed by atoms with E-state index in [0.29, 0.717) is 6.10 Å². The van der Waals surface area contributed by atoms with E-state index < -0.39 is 0 Å². The quantitative estimate of drug-likeness (QED) is 0.357. The summed E-state index contributed by atoms with van der Waals surface area (Å²) in [6.07, 6.45) is 5.50. The van der Waals surface area contributed by atoms with Gasteiger partial charge in [-0.25, -0.2) is 4.79 Å². The fourth-order valence-corrected chi connectivity index (χ4v) is 1.37. The van der Waals surface area contributed by atoms with Gasteiger partial charge in [0.25, 0.3) is 0 Å². The Morgan fingerprint density at radius 3 is 3.00 bits per heavy atom. The zero-order valence-electron chi connectivity index (χ0n) is 8.70. The first-order valence-corrected chi connectivity index (χ1v) is 5.21. The Labute approximate surface area is 85.1 Å². The zero-order chi connectivity index (χ0) is 10.4. The molecular weight excluding hydrogens is 180 g/mol. The molecule has 3 nitrogen and oxygen atoms in total. The van der Waals surface area contributed by atoms with Crippen molar-refractivity contribution in [3.05, 3.63) is 12.7 Å². The predicted molar refractivity (Wildman–Crippen MR) is 54.0 cm³/mol. The minimum absolute atomic E-state index is 0.00736. The van der Waals surface area contributed by atoms with Gasteiger partial charge >= 0.3 is 5.97 Å². The largest absolute Gasteiger partial charge is 0.459 e. The average molecular weight is 198 g/mol. The third-order valence-corrected chi connectivity index (χ3v) is 2.26. The SMILES string of the molecule is C=CC(=O)OC(CCCC)CC1CO1. The monoisotopic (exact) mass is 198 g/mol. The molecule has 0 N–H and O–H groups in total. The molecule has 1 aliphatic rings. The number of rotatable bonds is 7. The molecule has 3 heteroatoms. The highest BCUT2D eigenvalue weighted by atomic mass is 16.6. The number of carbonyl (C=O) groups excluding carboxylic acids is 1. The van der Waals surface area contributed by atoms with E-state index in [1.54, 1.807) is 0 Å². The highest BCUT2D eigenvalue weighted by Crippen LogP contribution is 2.20. The van der Waals surface area contributed by atoms with Crippen LogP contribution in [0, 0.1) is 0 Å². The van der Waals surface area contributed by atoms with Gasteiger partial charge in [0.2, 0.25) is 0 Å². The molecule has 0 aromatic heterocycles. The van der Waals surface area contributed by atoms with E-state index in [1.165, 1.54) is 6.08 Å². The van der Waals surface area contributed by atoms with Gasteiger partial charge in [0.1, 0.15) is 6.10 Å². The Morgan fingerprint density at radius 1 is 1.79 bits per heavy atom. The standard InChI is InChI=1S/C11H18O3/c1-3-5-6-9(7-10-8-13-10)14-11(12)4-2/h4,9-10H,2-3,5-8H2,1H3. The number of hydrogen-bond donors (Lipinski definition) is 0. The molecule has 1 fully saturated rings. The van der Waals surface area contributed by atoms with Crippen LogP contribution in [-0.2, 0) is 14.3 Å².